The molecule has 2 saturated heterocycles. The second kappa shape index (κ2) is 13.9. The van der Waals surface area contributed by atoms with E-state index in [9.17, 15) is 9.59 Å². The Morgan fingerprint density at radius 1 is 0.540 bits per heavy atom. The Morgan fingerprint density at radius 2 is 0.960 bits per heavy atom. The number of fused-ring (bicyclic) bond motifs is 10. The summed E-state index contributed by atoms with van der Waals surface area (Å²) in [7, 11) is 0. The van der Waals surface area contributed by atoms with Crippen LogP contribution in [0.3, 0.4) is 0 Å². The zero-order valence-electron chi connectivity index (χ0n) is 29.4. The van der Waals surface area contributed by atoms with E-state index in [0.29, 0.717) is 41.6 Å². The molecule has 4 bridgehead atoms. The fourth-order valence-electron chi connectivity index (χ4n) is 11.1. The van der Waals surface area contributed by atoms with E-state index in [1.807, 2.05) is 0 Å². The first-order chi connectivity index (χ1) is 24.6. The average Bonchev–Trinajstić information content (AvgIpc) is 3.92. The third-order valence-corrected chi connectivity index (χ3v) is 13.7. The van der Waals surface area contributed by atoms with Crippen molar-refractivity contribution >= 4 is 11.8 Å². The van der Waals surface area contributed by atoms with Gasteiger partial charge >= 0.3 is 0 Å². The number of carbonyl (C=O) groups is 2. The first kappa shape index (κ1) is 32.4. The fraction of sp³-hybridized carbons (Fsp3) is 0.558. The molecule has 262 valence electrons. The number of aromatic nitrogens is 1. The lowest BCUT2D eigenvalue weighted by atomic mass is 9.83. The van der Waals surface area contributed by atoms with Gasteiger partial charge in [-0.05, 0) is 149 Å². The molecule has 2 N–H and O–H groups in total. The number of hydrogen-bond donors (Lipinski definition) is 2. The highest BCUT2D eigenvalue weighted by molar-refractivity contribution is 6.06. The van der Waals surface area contributed by atoms with Gasteiger partial charge in [0.25, 0.3) is 11.8 Å². The molecule has 4 fully saturated rings. The molecular weight excluding hydrogens is 619 g/mol. The van der Waals surface area contributed by atoms with Gasteiger partial charge < -0.3 is 10.6 Å². The molecule has 9 rings (SSSR count). The summed E-state index contributed by atoms with van der Waals surface area (Å²) in [6.07, 6.45) is 17.9. The van der Waals surface area contributed by atoms with Crippen LogP contribution in [0.5, 0.6) is 0 Å². The molecule has 4 atom stereocenters. The average molecular weight is 672 g/mol. The molecule has 2 aromatic carbocycles. The van der Waals surface area contributed by atoms with E-state index in [0.717, 1.165) is 51.4 Å². The van der Waals surface area contributed by atoms with E-state index in [4.69, 9.17) is 0 Å². The predicted octanol–water partition coefficient (Wildman–Crippen LogP) is 8.22. The molecule has 2 aliphatic carbocycles. The third-order valence-electron chi connectivity index (χ3n) is 13.7. The Bertz CT molecular complexity index is 1520. The van der Waals surface area contributed by atoms with Crippen molar-refractivity contribution in [2.45, 2.75) is 126 Å². The van der Waals surface area contributed by atoms with Crippen LogP contribution >= 0.6 is 0 Å². The van der Waals surface area contributed by atoms with Gasteiger partial charge in [0.05, 0.1) is 5.56 Å². The zero-order valence-corrected chi connectivity index (χ0v) is 29.4. The summed E-state index contributed by atoms with van der Waals surface area (Å²) < 4.78 is 0. The fourth-order valence-corrected chi connectivity index (χ4v) is 11.1. The van der Waals surface area contributed by atoms with Crippen LogP contribution in [0.25, 0.3) is 0 Å². The summed E-state index contributed by atoms with van der Waals surface area (Å²) in [4.78, 5) is 36.9. The highest BCUT2D eigenvalue weighted by Crippen LogP contribution is 2.54. The van der Waals surface area contributed by atoms with Crippen LogP contribution in [0.4, 0.5) is 0 Å². The van der Waals surface area contributed by atoms with Crippen molar-refractivity contribution in [3.8, 4) is 0 Å². The number of nitrogens with one attached hydrogen (secondary N) is 2. The molecule has 6 aliphatic rings. The number of rotatable bonds is 10. The van der Waals surface area contributed by atoms with Gasteiger partial charge in [-0.25, -0.2) is 0 Å². The van der Waals surface area contributed by atoms with E-state index in [1.54, 1.807) is 40.6 Å². The van der Waals surface area contributed by atoms with Crippen LogP contribution in [0.15, 0.2) is 66.9 Å². The molecule has 5 heterocycles. The minimum Gasteiger partial charge on any atom is -0.349 e. The Hall–Kier alpha value is -3.55. The van der Waals surface area contributed by atoms with E-state index in [2.05, 4.69) is 73.9 Å². The maximum absolute atomic E-state index is 13.5. The molecule has 4 aliphatic heterocycles. The van der Waals surface area contributed by atoms with Gasteiger partial charge in [-0.15, -0.1) is 0 Å². The van der Waals surface area contributed by atoms with Crippen LogP contribution in [0.2, 0.25) is 0 Å². The Labute approximate surface area is 297 Å². The number of hydrogen-bond acceptors (Lipinski definition) is 5. The Kier molecular flexibility index (Phi) is 8.98. The summed E-state index contributed by atoms with van der Waals surface area (Å²) >= 11 is 0. The summed E-state index contributed by atoms with van der Waals surface area (Å²) in [5, 5.41) is 6.53. The third kappa shape index (κ3) is 6.08. The topological polar surface area (TPSA) is 77.6 Å². The SMILES string of the molecule is O=C(NC1CCC(CCN2C3CC[C@@H]2c2ccccc23)CC1)c1cccnc1C(=O)NC1CCC(CCN2[C@@H]3CC[C@H]2c2ccccc23)CC1. The molecule has 2 amide bonds. The molecule has 0 radical (unpaired) electrons. The molecule has 2 saturated carbocycles. The summed E-state index contributed by atoms with van der Waals surface area (Å²) in [6, 6.07) is 24.4. The van der Waals surface area contributed by atoms with Crippen LogP contribution in [-0.4, -0.2) is 51.8 Å². The normalized spacial score (nSPS) is 31.4. The zero-order chi connectivity index (χ0) is 33.6. The van der Waals surface area contributed by atoms with Crippen LogP contribution in [-0.2, 0) is 0 Å². The van der Waals surface area contributed by atoms with Gasteiger partial charge in [-0.1, -0.05) is 48.5 Å². The predicted molar refractivity (Wildman–Crippen MR) is 196 cm³/mol. The molecule has 3 aromatic rings. The lowest BCUT2D eigenvalue weighted by Crippen LogP contribution is -2.41. The molecule has 1 unspecified atom stereocenters. The number of amides is 2. The van der Waals surface area contributed by atoms with E-state index < -0.39 is 0 Å². The second-order valence-corrected chi connectivity index (χ2v) is 16.3. The monoisotopic (exact) mass is 671 g/mol. The molecule has 1 aromatic heterocycles. The minimum absolute atomic E-state index is 0.143. The van der Waals surface area contributed by atoms with Crippen molar-refractivity contribution in [2.24, 2.45) is 11.8 Å². The van der Waals surface area contributed by atoms with E-state index in [-0.39, 0.29) is 29.6 Å². The summed E-state index contributed by atoms with van der Waals surface area (Å²) in [6.45, 7) is 2.35. The van der Waals surface area contributed by atoms with Gasteiger partial charge in [0.2, 0.25) is 0 Å². The minimum atomic E-state index is -0.215. The Morgan fingerprint density at radius 3 is 1.40 bits per heavy atom. The Balaban J connectivity index is 0.717. The number of benzene rings is 2. The maximum Gasteiger partial charge on any atom is 0.270 e. The second-order valence-electron chi connectivity index (χ2n) is 16.3. The van der Waals surface area contributed by atoms with Crippen LogP contribution in [0.1, 0.15) is 157 Å². The van der Waals surface area contributed by atoms with Crippen molar-refractivity contribution < 1.29 is 9.59 Å². The van der Waals surface area contributed by atoms with E-state index >= 15 is 0 Å². The van der Waals surface area contributed by atoms with Crippen molar-refractivity contribution in [3.05, 3.63) is 100 Å². The quantitative estimate of drug-likeness (QED) is 0.227. The molecule has 50 heavy (non-hydrogen) atoms. The molecule has 7 nitrogen and oxygen atoms in total. The standard InChI is InChI=1S/C43H53N5O2/c49-42(45-30-15-11-28(12-16-30)23-26-47-37-19-20-38(47)33-7-2-1-6-32(33)37)36-10-5-25-44-41(36)43(50)46-31-17-13-29(14-18-31)24-27-48-39-21-22-40(48)35-9-4-3-8-34(35)39/h1-10,25,28-31,37-40H,11-24,26-27H2,(H,45,49)(H,46,50)/t28?,29?,30?,31?,37-,38?,39-,40+/m1/s1. The smallest absolute Gasteiger partial charge is 0.270 e. The van der Waals surface area contributed by atoms with Crippen molar-refractivity contribution in [2.75, 3.05) is 13.1 Å². The van der Waals surface area contributed by atoms with Crippen molar-refractivity contribution in [1.82, 2.24) is 25.4 Å². The molecular formula is C43H53N5O2. The molecule has 7 heteroatoms. The highest BCUT2D eigenvalue weighted by atomic mass is 16.2. The van der Waals surface area contributed by atoms with Crippen molar-refractivity contribution in [3.63, 3.8) is 0 Å². The van der Waals surface area contributed by atoms with Gasteiger partial charge in [0.15, 0.2) is 0 Å². The number of carbonyl (C=O) groups excluding carboxylic acids is 2. The molecule has 0 spiro atoms. The highest BCUT2D eigenvalue weighted by Gasteiger charge is 2.44. The largest absolute Gasteiger partial charge is 0.349 e. The first-order valence-electron chi connectivity index (χ1n) is 19.9. The van der Waals surface area contributed by atoms with Gasteiger partial charge in [0, 0.05) is 42.4 Å². The number of pyridine rings is 1. The van der Waals surface area contributed by atoms with Crippen LogP contribution < -0.4 is 10.6 Å². The number of nitrogens with zero attached hydrogens (tertiary/aromatic N) is 3. The van der Waals surface area contributed by atoms with Gasteiger partial charge in [-0.3, -0.25) is 24.4 Å². The van der Waals surface area contributed by atoms with E-state index in [1.165, 1.54) is 51.6 Å². The summed E-state index contributed by atoms with van der Waals surface area (Å²) in [5.74, 6) is 1.05. The van der Waals surface area contributed by atoms with Crippen LogP contribution in [0, 0.1) is 11.8 Å². The lowest BCUT2D eigenvalue weighted by Gasteiger charge is -2.31. The van der Waals surface area contributed by atoms with Gasteiger partial charge in [0.1, 0.15) is 5.69 Å². The first-order valence-corrected chi connectivity index (χ1v) is 19.9. The van der Waals surface area contributed by atoms with Gasteiger partial charge in [-0.2, -0.15) is 0 Å². The maximum atomic E-state index is 13.5. The lowest BCUT2D eigenvalue weighted by molar-refractivity contribution is 0.0880. The van der Waals surface area contributed by atoms with Crippen molar-refractivity contribution in [1.29, 1.82) is 0 Å². The summed E-state index contributed by atoms with van der Waals surface area (Å²) in [5.41, 5.74) is 6.90.